The SMILES string of the molecule is CN(Cc1cc(C(F)(F)F)cc(C(F)(F)F)c1)C(=O)c1c(-c2ccccc2Cl)c2ccccc2n(C)c1=O. The first-order chi connectivity index (χ1) is 17.7. The Hall–Kier alpha value is -3.79. The van der Waals surface area contributed by atoms with Crippen LogP contribution in [0.3, 0.4) is 0 Å². The maximum atomic E-state index is 13.7. The Morgan fingerprint density at radius 1 is 0.895 bits per heavy atom. The van der Waals surface area contributed by atoms with Gasteiger partial charge in [-0.15, -0.1) is 0 Å². The normalized spacial score (nSPS) is 12.1. The Kier molecular flexibility index (Phi) is 7.05. The summed E-state index contributed by atoms with van der Waals surface area (Å²) in [5, 5.41) is 0.758. The van der Waals surface area contributed by atoms with Gasteiger partial charge in [0.25, 0.3) is 11.5 Å². The van der Waals surface area contributed by atoms with Crippen molar-refractivity contribution in [3.8, 4) is 11.1 Å². The van der Waals surface area contributed by atoms with Crippen LogP contribution in [0.5, 0.6) is 0 Å². The van der Waals surface area contributed by atoms with Gasteiger partial charge in [-0.25, -0.2) is 0 Å². The molecule has 0 aliphatic rings. The number of aryl methyl sites for hydroxylation is 1. The number of alkyl halides is 6. The molecule has 0 atom stereocenters. The Labute approximate surface area is 217 Å². The van der Waals surface area contributed by atoms with Gasteiger partial charge in [-0.1, -0.05) is 48.0 Å². The summed E-state index contributed by atoms with van der Waals surface area (Å²) in [6.07, 6.45) is -10.1. The van der Waals surface area contributed by atoms with Crippen LogP contribution in [0.2, 0.25) is 5.02 Å². The molecule has 0 saturated carbocycles. The molecule has 4 rings (SSSR count). The molecule has 0 bridgehead atoms. The Morgan fingerprint density at radius 2 is 1.45 bits per heavy atom. The summed E-state index contributed by atoms with van der Waals surface area (Å²) < 4.78 is 81.2. The molecule has 38 heavy (non-hydrogen) atoms. The van der Waals surface area contributed by atoms with E-state index < -0.39 is 47.1 Å². The fourth-order valence-corrected chi connectivity index (χ4v) is 4.52. The second-order valence-corrected chi connectivity index (χ2v) is 9.09. The number of para-hydroxylation sites is 1. The highest BCUT2D eigenvalue weighted by Gasteiger charge is 2.37. The van der Waals surface area contributed by atoms with Crippen molar-refractivity contribution in [1.82, 2.24) is 9.47 Å². The summed E-state index contributed by atoms with van der Waals surface area (Å²) in [4.78, 5) is 28.0. The van der Waals surface area contributed by atoms with Crippen LogP contribution in [-0.4, -0.2) is 22.4 Å². The van der Waals surface area contributed by atoms with Crippen molar-refractivity contribution < 1.29 is 31.1 Å². The van der Waals surface area contributed by atoms with Gasteiger partial charge in [0.2, 0.25) is 0 Å². The van der Waals surface area contributed by atoms with Crippen molar-refractivity contribution in [2.24, 2.45) is 7.05 Å². The molecule has 0 saturated heterocycles. The third-order valence-corrected chi connectivity index (χ3v) is 6.40. The van der Waals surface area contributed by atoms with E-state index in [1.165, 1.54) is 18.7 Å². The molecule has 198 valence electrons. The number of hydrogen-bond donors (Lipinski definition) is 0. The molecular weight excluding hydrogens is 534 g/mol. The topological polar surface area (TPSA) is 42.3 Å². The number of aromatic nitrogens is 1. The van der Waals surface area contributed by atoms with Crippen LogP contribution < -0.4 is 5.56 Å². The van der Waals surface area contributed by atoms with Crippen molar-refractivity contribution in [3.05, 3.63) is 104 Å². The second-order valence-electron chi connectivity index (χ2n) is 8.69. The molecule has 0 N–H and O–H groups in total. The lowest BCUT2D eigenvalue weighted by molar-refractivity contribution is -0.143. The van der Waals surface area contributed by atoms with Crippen LogP contribution >= 0.6 is 11.6 Å². The first-order valence-corrected chi connectivity index (χ1v) is 11.5. The average Bonchev–Trinajstić information content (AvgIpc) is 2.85. The number of rotatable bonds is 4. The molecule has 0 fully saturated rings. The van der Waals surface area contributed by atoms with Crippen LogP contribution in [0.4, 0.5) is 26.3 Å². The van der Waals surface area contributed by atoms with Crippen LogP contribution in [-0.2, 0) is 25.9 Å². The van der Waals surface area contributed by atoms with E-state index >= 15 is 0 Å². The fraction of sp³-hybridized carbons (Fsp3) is 0.185. The van der Waals surface area contributed by atoms with Crippen molar-refractivity contribution in [2.45, 2.75) is 18.9 Å². The van der Waals surface area contributed by atoms with Gasteiger partial charge in [-0.2, -0.15) is 26.3 Å². The van der Waals surface area contributed by atoms with Gasteiger partial charge in [-0.3, -0.25) is 9.59 Å². The first kappa shape index (κ1) is 27.3. The van der Waals surface area contributed by atoms with Crippen molar-refractivity contribution in [3.63, 3.8) is 0 Å². The van der Waals surface area contributed by atoms with Gasteiger partial charge < -0.3 is 9.47 Å². The number of halogens is 7. The molecule has 1 amide bonds. The first-order valence-electron chi connectivity index (χ1n) is 11.1. The van der Waals surface area contributed by atoms with Gasteiger partial charge >= 0.3 is 12.4 Å². The lowest BCUT2D eigenvalue weighted by atomic mass is 9.95. The molecule has 0 radical (unpaired) electrons. The van der Waals surface area contributed by atoms with Crippen LogP contribution in [0.1, 0.15) is 27.0 Å². The van der Waals surface area contributed by atoms with Gasteiger partial charge in [-0.05, 0) is 35.9 Å². The fourth-order valence-electron chi connectivity index (χ4n) is 4.29. The minimum Gasteiger partial charge on any atom is -0.337 e. The van der Waals surface area contributed by atoms with E-state index in [0.717, 1.165) is 4.90 Å². The smallest absolute Gasteiger partial charge is 0.337 e. The molecule has 0 aliphatic carbocycles. The molecular formula is C27H19ClF6N2O2. The average molecular weight is 553 g/mol. The summed E-state index contributed by atoms with van der Waals surface area (Å²) in [6.45, 7) is -0.621. The minimum atomic E-state index is -5.04. The summed E-state index contributed by atoms with van der Waals surface area (Å²) in [7, 11) is 2.65. The van der Waals surface area contributed by atoms with Crippen LogP contribution in [0, 0.1) is 0 Å². The highest BCUT2D eigenvalue weighted by Crippen LogP contribution is 2.38. The number of hydrogen-bond acceptors (Lipinski definition) is 2. The third kappa shape index (κ3) is 5.13. The van der Waals surface area contributed by atoms with Gasteiger partial charge in [0.15, 0.2) is 0 Å². The van der Waals surface area contributed by atoms with E-state index in [1.807, 2.05) is 0 Å². The summed E-state index contributed by atoms with van der Waals surface area (Å²) in [5.74, 6) is -0.891. The summed E-state index contributed by atoms with van der Waals surface area (Å²) in [6, 6.07) is 14.4. The van der Waals surface area contributed by atoms with E-state index in [9.17, 15) is 35.9 Å². The number of nitrogens with zero attached hydrogens (tertiary/aromatic N) is 2. The zero-order valence-corrected chi connectivity index (χ0v) is 20.7. The summed E-state index contributed by atoms with van der Waals surface area (Å²) >= 11 is 6.41. The van der Waals surface area contributed by atoms with Crippen molar-refractivity contribution in [2.75, 3.05) is 7.05 Å². The standard InChI is InChI=1S/C27H19ClF6N2O2/c1-35(14-15-11-16(26(29,30)31)13-17(12-15)27(32,33)34)24(37)23-22(18-7-3-5-9-20(18)28)19-8-4-6-10-21(19)36(2)25(23)38/h3-13H,14H2,1-2H3. The molecule has 4 nitrogen and oxygen atoms in total. The van der Waals surface area contributed by atoms with Crippen molar-refractivity contribution >= 4 is 28.4 Å². The number of carbonyl (C=O) groups is 1. The predicted octanol–water partition coefficient (Wildman–Crippen LogP) is 7.17. The summed E-state index contributed by atoms with van der Waals surface area (Å²) in [5.41, 5.74) is -3.33. The molecule has 3 aromatic carbocycles. The third-order valence-electron chi connectivity index (χ3n) is 6.07. The lowest BCUT2D eigenvalue weighted by Crippen LogP contribution is -2.34. The van der Waals surface area contributed by atoms with Gasteiger partial charge in [0, 0.05) is 42.2 Å². The molecule has 11 heteroatoms. The molecule has 4 aromatic rings. The Balaban J connectivity index is 1.88. The largest absolute Gasteiger partial charge is 0.416 e. The number of amides is 1. The predicted molar refractivity (Wildman–Crippen MR) is 132 cm³/mol. The monoisotopic (exact) mass is 552 g/mol. The molecule has 0 aliphatic heterocycles. The minimum absolute atomic E-state index is 0.0138. The zero-order valence-electron chi connectivity index (χ0n) is 19.9. The van der Waals surface area contributed by atoms with E-state index in [4.69, 9.17) is 11.6 Å². The van der Waals surface area contributed by atoms with Gasteiger partial charge in [0.1, 0.15) is 5.56 Å². The van der Waals surface area contributed by atoms with Crippen LogP contribution in [0.15, 0.2) is 71.5 Å². The maximum Gasteiger partial charge on any atom is 0.416 e. The molecule has 0 unspecified atom stereocenters. The van der Waals surface area contributed by atoms with E-state index in [2.05, 4.69) is 0 Å². The van der Waals surface area contributed by atoms with E-state index in [-0.39, 0.29) is 22.2 Å². The highest BCUT2D eigenvalue weighted by molar-refractivity contribution is 6.34. The second kappa shape index (κ2) is 9.83. The van der Waals surface area contributed by atoms with Gasteiger partial charge in [0.05, 0.1) is 16.6 Å². The Bertz CT molecular complexity index is 1580. The zero-order chi connectivity index (χ0) is 28.0. The maximum absolute atomic E-state index is 13.7. The number of pyridine rings is 1. The quantitative estimate of drug-likeness (QED) is 0.252. The Morgan fingerprint density at radius 3 is 2.03 bits per heavy atom. The number of carbonyl (C=O) groups excluding carboxylic acids is 1. The van der Waals surface area contributed by atoms with Crippen molar-refractivity contribution in [1.29, 1.82) is 0 Å². The van der Waals surface area contributed by atoms with Crippen LogP contribution in [0.25, 0.3) is 22.0 Å². The lowest BCUT2D eigenvalue weighted by Gasteiger charge is -2.22. The molecule has 1 aromatic heterocycles. The molecule has 0 spiro atoms. The number of fused-ring (bicyclic) bond motifs is 1. The number of benzene rings is 3. The van der Waals surface area contributed by atoms with E-state index in [0.29, 0.717) is 28.6 Å². The van der Waals surface area contributed by atoms with E-state index in [1.54, 1.807) is 48.5 Å². The highest BCUT2D eigenvalue weighted by atomic mass is 35.5. The molecule has 1 heterocycles.